The summed E-state index contributed by atoms with van der Waals surface area (Å²) in [5.74, 6) is 0.866. The van der Waals surface area contributed by atoms with Crippen molar-refractivity contribution in [2.45, 2.75) is 6.42 Å². The average Bonchev–Trinajstić information content (AvgIpc) is 2.33. The van der Waals surface area contributed by atoms with Crippen LogP contribution in [0.1, 0.15) is 5.56 Å². The molecule has 2 aromatic rings. The minimum Gasteiger partial charge on any atom is -0.397 e. The smallest absolute Gasteiger partial charge is 0.126 e. The summed E-state index contributed by atoms with van der Waals surface area (Å²) in [7, 11) is 0. The molecule has 2 rings (SSSR count). The van der Waals surface area contributed by atoms with E-state index in [-0.39, 0.29) is 0 Å². The quantitative estimate of drug-likeness (QED) is 0.819. The normalized spacial score (nSPS) is 10.0. The van der Waals surface area contributed by atoms with Crippen LogP contribution in [0.3, 0.4) is 0 Å². The highest BCUT2D eigenvalue weighted by Crippen LogP contribution is 2.06. The summed E-state index contributed by atoms with van der Waals surface area (Å²) in [5.41, 5.74) is 7.57. The highest BCUT2D eigenvalue weighted by Gasteiger charge is 1.94. The van der Waals surface area contributed by atoms with E-state index in [0.29, 0.717) is 5.69 Å². The molecule has 0 bridgehead atoms. The second-order valence-electron chi connectivity index (χ2n) is 3.64. The molecule has 0 aliphatic carbocycles. The predicted molar refractivity (Wildman–Crippen MR) is 67.3 cm³/mol. The molecule has 0 spiro atoms. The van der Waals surface area contributed by atoms with Crippen LogP contribution in [0.2, 0.25) is 0 Å². The van der Waals surface area contributed by atoms with Crippen LogP contribution < -0.4 is 11.1 Å². The van der Waals surface area contributed by atoms with E-state index in [2.05, 4.69) is 34.6 Å². The molecule has 3 heteroatoms. The van der Waals surface area contributed by atoms with Gasteiger partial charge in [0.05, 0.1) is 11.9 Å². The van der Waals surface area contributed by atoms with E-state index >= 15 is 0 Å². The van der Waals surface area contributed by atoms with Crippen molar-refractivity contribution in [2.24, 2.45) is 0 Å². The van der Waals surface area contributed by atoms with Gasteiger partial charge in [0.15, 0.2) is 0 Å². The fraction of sp³-hybridized carbons (Fsp3) is 0.154. The molecule has 1 heterocycles. The minimum absolute atomic E-state index is 0.689. The maximum Gasteiger partial charge on any atom is 0.126 e. The predicted octanol–water partition coefficient (Wildman–Crippen LogP) is 2.32. The van der Waals surface area contributed by atoms with Gasteiger partial charge in [-0.1, -0.05) is 30.3 Å². The van der Waals surface area contributed by atoms with Crippen LogP contribution in [0.15, 0.2) is 48.7 Å². The van der Waals surface area contributed by atoms with Gasteiger partial charge in [-0.05, 0) is 24.1 Å². The Morgan fingerprint density at radius 1 is 1.06 bits per heavy atom. The SMILES string of the molecule is Nc1ccc(NCCc2ccccc2)nc1. The zero-order valence-corrected chi connectivity index (χ0v) is 9.06. The molecule has 3 N–H and O–H groups in total. The molecule has 0 saturated carbocycles. The number of hydrogen-bond acceptors (Lipinski definition) is 3. The van der Waals surface area contributed by atoms with Crippen LogP contribution in [0.4, 0.5) is 11.5 Å². The van der Waals surface area contributed by atoms with Crippen LogP contribution >= 0.6 is 0 Å². The fourth-order valence-corrected chi connectivity index (χ4v) is 1.49. The molecule has 0 aliphatic rings. The van der Waals surface area contributed by atoms with Gasteiger partial charge in [0.1, 0.15) is 5.82 Å². The Kier molecular flexibility index (Phi) is 3.38. The summed E-state index contributed by atoms with van der Waals surface area (Å²) >= 11 is 0. The van der Waals surface area contributed by atoms with Gasteiger partial charge in [0, 0.05) is 6.54 Å². The monoisotopic (exact) mass is 213 g/mol. The van der Waals surface area contributed by atoms with E-state index in [1.54, 1.807) is 6.20 Å². The third-order valence-corrected chi connectivity index (χ3v) is 2.35. The van der Waals surface area contributed by atoms with Crippen molar-refractivity contribution in [3.63, 3.8) is 0 Å². The summed E-state index contributed by atoms with van der Waals surface area (Å²) in [5, 5.41) is 3.25. The van der Waals surface area contributed by atoms with E-state index in [9.17, 15) is 0 Å². The van der Waals surface area contributed by atoms with E-state index in [1.807, 2.05) is 18.2 Å². The maximum atomic E-state index is 5.56. The summed E-state index contributed by atoms with van der Waals surface area (Å²) in [6.07, 6.45) is 2.65. The van der Waals surface area contributed by atoms with Gasteiger partial charge in [-0.25, -0.2) is 4.98 Å². The number of benzene rings is 1. The second-order valence-corrected chi connectivity index (χ2v) is 3.64. The molecule has 1 aromatic carbocycles. The molecule has 16 heavy (non-hydrogen) atoms. The molecule has 0 fully saturated rings. The minimum atomic E-state index is 0.689. The molecule has 0 unspecified atom stereocenters. The zero-order valence-electron chi connectivity index (χ0n) is 9.06. The first-order valence-corrected chi connectivity index (χ1v) is 5.34. The van der Waals surface area contributed by atoms with Crippen molar-refractivity contribution in [3.05, 3.63) is 54.2 Å². The van der Waals surface area contributed by atoms with Crippen LogP contribution in [0.5, 0.6) is 0 Å². The Labute approximate surface area is 95.3 Å². The summed E-state index contributed by atoms with van der Waals surface area (Å²) in [6, 6.07) is 14.1. The van der Waals surface area contributed by atoms with Crippen molar-refractivity contribution in [3.8, 4) is 0 Å². The fourth-order valence-electron chi connectivity index (χ4n) is 1.49. The number of hydrogen-bond donors (Lipinski definition) is 2. The average molecular weight is 213 g/mol. The molecule has 1 aromatic heterocycles. The molecule has 0 atom stereocenters. The first kappa shape index (κ1) is 10.5. The van der Waals surface area contributed by atoms with Crippen LogP contribution in [0, 0.1) is 0 Å². The lowest BCUT2D eigenvalue weighted by Crippen LogP contribution is -2.06. The second kappa shape index (κ2) is 5.16. The Bertz CT molecular complexity index is 423. The number of nitrogen functional groups attached to an aromatic ring is 1. The van der Waals surface area contributed by atoms with E-state index < -0.39 is 0 Å². The molecule has 0 saturated heterocycles. The first-order chi connectivity index (χ1) is 7.84. The van der Waals surface area contributed by atoms with Crippen molar-refractivity contribution in [1.82, 2.24) is 4.98 Å². The van der Waals surface area contributed by atoms with Gasteiger partial charge in [0.2, 0.25) is 0 Å². The molecule has 0 aliphatic heterocycles. The van der Waals surface area contributed by atoms with Crippen molar-refractivity contribution in [2.75, 3.05) is 17.6 Å². The maximum absolute atomic E-state index is 5.56. The van der Waals surface area contributed by atoms with Gasteiger partial charge in [-0.15, -0.1) is 0 Å². The highest BCUT2D eigenvalue weighted by molar-refractivity contribution is 5.43. The lowest BCUT2D eigenvalue weighted by molar-refractivity contribution is 1.01. The third-order valence-electron chi connectivity index (χ3n) is 2.35. The van der Waals surface area contributed by atoms with Gasteiger partial charge < -0.3 is 11.1 Å². The Hall–Kier alpha value is -2.03. The number of aromatic nitrogens is 1. The number of rotatable bonds is 4. The highest BCUT2D eigenvalue weighted by atomic mass is 15.0. The zero-order chi connectivity index (χ0) is 11.2. The first-order valence-electron chi connectivity index (χ1n) is 5.34. The number of nitrogens with one attached hydrogen (secondary N) is 1. The third kappa shape index (κ3) is 2.98. The van der Waals surface area contributed by atoms with Crippen LogP contribution in [-0.4, -0.2) is 11.5 Å². The number of pyridine rings is 1. The van der Waals surface area contributed by atoms with Crippen LogP contribution in [-0.2, 0) is 6.42 Å². The molecular formula is C13H15N3. The molecule has 3 nitrogen and oxygen atoms in total. The molecular weight excluding hydrogens is 198 g/mol. The van der Waals surface area contributed by atoms with Crippen molar-refractivity contribution in [1.29, 1.82) is 0 Å². The Morgan fingerprint density at radius 2 is 1.88 bits per heavy atom. The standard InChI is InChI=1S/C13H15N3/c14-12-6-7-13(16-10-12)15-9-8-11-4-2-1-3-5-11/h1-7,10H,8-9,14H2,(H,15,16). The molecule has 0 amide bonds. The Morgan fingerprint density at radius 3 is 2.56 bits per heavy atom. The summed E-state index contributed by atoms with van der Waals surface area (Å²) in [6.45, 7) is 0.876. The summed E-state index contributed by atoms with van der Waals surface area (Å²) < 4.78 is 0. The van der Waals surface area contributed by atoms with Gasteiger partial charge in [-0.3, -0.25) is 0 Å². The largest absolute Gasteiger partial charge is 0.397 e. The van der Waals surface area contributed by atoms with Gasteiger partial charge in [-0.2, -0.15) is 0 Å². The lowest BCUT2D eigenvalue weighted by atomic mass is 10.1. The molecule has 0 radical (unpaired) electrons. The van der Waals surface area contributed by atoms with E-state index in [4.69, 9.17) is 5.73 Å². The number of nitrogens with zero attached hydrogens (tertiary/aromatic N) is 1. The van der Waals surface area contributed by atoms with Crippen molar-refractivity contribution < 1.29 is 0 Å². The molecule has 82 valence electrons. The van der Waals surface area contributed by atoms with Crippen molar-refractivity contribution >= 4 is 11.5 Å². The Balaban J connectivity index is 1.82. The van der Waals surface area contributed by atoms with Gasteiger partial charge in [0.25, 0.3) is 0 Å². The topological polar surface area (TPSA) is 50.9 Å². The summed E-state index contributed by atoms with van der Waals surface area (Å²) in [4.78, 5) is 4.17. The van der Waals surface area contributed by atoms with Gasteiger partial charge >= 0.3 is 0 Å². The van der Waals surface area contributed by atoms with E-state index in [1.165, 1.54) is 5.56 Å². The lowest BCUT2D eigenvalue weighted by Gasteiger charge is -2.05. The van der Waals surface area contributed by atoms with E-state index in [0.717, 1.165) is 18.8 Å². The number of anilines is 2. The number of nitrogens with two attached hydrogens (primary N) is 1. The van der Waals surface area contributed by atoms with Crippen LogP contribution in [0.25, 0.3) is 0 Å².